The maximum Gasteiger partial charge on any atom is 0.337 e. The lowest BCUT2D eigenvalue weighted by Gasteiger charge is -2.39. The van der Waals surface area contributed by atoms with Gasteiger partial charge in [-0.2, -0.15) is 9.61 Å². The first-order valence-corrected chi connectivity index (χ1v) is 12.5. The van der Waals surface area contributed by atoms with E-state index in [1.807, 2.05) is 48.5 Å². The molecule has 0 bridgehead atoms. The predicted octanol–water partition coefficient (Wildman–Crippen LogP) is 5.12. The third kappa shape index (κ3) is 4.64. The van der Waals surface area contributed by atoms with Crippen molar-refractivity contribution in [3.63, 3.8) is 0 Å². The summed E-state index contributed by atoms with van der Waals surface area (Å²) in [7, 11) is 1.66. The van der Waals surface area contributed by atoms with E-state index in [1.165, 1.54) is 0 Å². The quantitative estimate of drug-likeness (QED) is 0.379. The van der Waals surface area contributed by atoms with Crippen LogP contribution >= 0.6 is 0 Å². The second-order valence-corrected chi connectivity index (χ2v) is 10.4. The maximum absolute atomic E-state index is 11.8. The van der Waals surface area contributed by atoms with Crippen molar-refractivity contribution in [2.45, 2.75) is 39.7 Å². The molecular formula is C29H32N4O4. The normalized spacial score (nSPS) is 16.1. The van der Waals surface area contributed by atoms with Gasteiger partial charge in [-0.05, 0) is 42.9 Å². The van der Waals surface area contributed by atoms with Crippen molar-refractivity contribution in [1.29, 1.82) is 0 Å². The molecule has 8 heteroatoms. The number of carboxylic acids is 1. The fraction of sp³-hybridized carbons (Fsp3) is 0.345. The molecule has 192 valence electrons. The molecule has 5 rings (SSSR count). The van der Waals surface area contributed by atoms with E-state index in [2.05, 4.69) is 29.8 Å². The van der Waals surface area contributed by atoms with E-state index in [1.54, 1.807) is 18.5 Å². The number of carbonyl (C=O) groups is 1. The van der Waals surface area contributed by atoms with Crippen LogP contribution in [0.3, 0.4) is 0 Å². The molecule has 0 aliphatic carbocycles. The van der Waals surface area contributed by atoms with E-state index in [0.717, 1.165) is 48.4 Å². The van der Waals surface area contributed by atoms with Gasteiger partial charge in [-0.25, -0.2) is 9.78 Å². The SMILES string of the molecule is COc1ccccc1-c1cccc(-c2cc3nc(C)c(C(O)C(=O)O)c(N4CCC(C)(C)CC4)n3n2)c1. The van der Waals surface area contributed by atoms with Crippen LogP contribution < -0.4 is 9.64 Å². The van der Waals surface area contributed by atoms with E-state index < -0.39 is 12.1 Å². The van der Waals surface area contributed by atoms with Crippen molar-refractivity contribution in [1.82, 2.24) is 14.6 Å². The molecule has 0 saturated carbocycles. The highest BCUT2D eigenvalue weighted by molar-refractivity contribution is 5.79. The molecular weight excluding hydrogens is 468 g/mol. The van der Waals surface area contributed by atoms with Crippen LogP contribution in [0.1, 0.15) is 44.1 Å². The Morgan fingerprint density at radius 2 is 1.76 bits per heavy atom. The van der Waals surface area contributed by atoms with Gasteiger partial charge in [-0.3, -0.25) is 0 Å². The van der Waals surface area contributed by atoms with Crippen molar-refractivity contribution in [2.75, 3.05) is 25.1 Å². The smallest absolute Gasteiger partial charge is 0.337 e. The van der Waals surface area contributed by atoms with E-state index in [-0.39, 0.29) is 11.0 Å². The Labute approximate surface area is 216 Å². The largest absolute Gasteiger partial charge is 0.496 e. The number of carboxylic acid groups (broad SMARTS) is 1. The van der Waals surface area contributed by atoms with Gasteiger partial charge in [-0.15, -0.1) is 0 Å². The van der Waals surface area contributed by atoms with Gasteiger partial charge in [0, 0.05) is 36.0 Å². The number of hydrogen-bond donors (Lipinski definition) is 2. The number of aliphatic hydroxyl groups excluding tert-OH is 1. The molecule has 37 heavy (non-hydrogen) atoms. The van der Waals surface area contributed by atoms with Crippen molar-refractivity contribution in [3.8, 4) is 28.1 Å². The van der Waals surface area contributed by atoms with Gasteiger partial charge in [-0.1, -0.05) is 50.2 Å². The lowest BCUT2D eigenvalue weighted by atomic mass is 9.82. The predicted molar refractivity (Wildman–Crippen MR) is 143 cm³/mol. The molecule has 1 fully saturated rings. The van der Waals surface area contributed by atoms with Crippen LogP contribution in [0, 0.1) is 12.3 Å². The molecule has 2 N–H and O–H groups in total. The van der Waals surface area contributed by atoms with E-state index in [0.29, 0.717) is 22.9 Å². The van der Waals surface area contributed by atoms with Gasteiger partial charge >= 0.3 is 5.97 Å². The number of fused-ring (bicyclic) bond motifs is 1. The second-order valence-electron chi connectivity index (χ2n) is 10.4. The van der Waals surface area contributed by atoms with Crippen molar-refractivity contribution < 1.29 is 19.7 Å². The second kappa shape index (κ2) is 9.52. The van der Waals surface area contributed by atoms with Crippen molar-refractivity contribution in [2.24, 2.45) is 5.41 Å². The average molecular weight is 501 g/mol. The summed E-state index contributed by atoms with van der Waals surface area (Å²) in [6.07, 6.45) is 0.213. The number of rotatable bonds is 6. The van der Waals surface area contributed by atoms with Crippen LogP contribution in [0.5, 0.6) is 5.75 Å². The number of anilines is 1. The first-order chi connectivity index (χ1) is 17.7. The minimum atomic E-state index is -1.69. The molecule has 8 nitrogen and oxygen atoms in total. The number of para-hydroxylation sites is 1. The van der Waals surface area contributed by atoms with Crippen LogP contribution in [-0.4, -0.2) is 51.0 Å². The molecule has 2 aromatic carbocycles. The number of aliphatic carboxylic acids is 1. The van der Waals surface area contributed by atoms with Crippen molar-refractivity contribution >= 4 is 17.4 Å². The number of benzene rings is 2. The number of aryl methyl sites for hydroxylation is 1. The van der Waals surface area contributed by atoms with Gasteiger partial charge < -0.3 is 19.8 Å². The minimum Gasteiger partial charge on any atom is -0.496 e. The number of aliphatic hydroxyl groups is 1. The van der Waals surface area contributed by atoms with Crippen LogP contribution in [0.2, 0.25) is 0 Å². The summed E-state index contributed by atoms with van der Waals surface area (Å²) in [5, 5.41) is 25.2. The van der Waals surface area contributed by atoms with Crippen LogP contribution in [-0.2, 0) is 4.79 Å². The minimum absolute atomic E-state index is 0.206. The molecule has 1 atom stereocenters. The Balaban J connectivity index is 1.65. The Morgan fingerprint density at radius 1 is 1.05 bits per heavy atom. The van der Waals surface area contributed by atoms with E-state index >= 15 is 0 Å². The summed E-state index contributed by atoms with van der Waals surface area (Å²) in [6.45, 7) is 7.71. The molecule has 1 aliphatic rings. The van der Waals surface area contributed by atoms with Crippen molar-refractivity contribution in [3.05, 3.63) is 65.9 Å². The summed E-state index contributed by atoms with van der Waals surface area (Å²) < 4.78 is 7.24. The number of aromatic nitrogens is 3. The summed E-state index contributed by atoms with van der Waals surface area (Å²) in [4.78, 5) is 18.6. The topological polar surface area (TPSA) is 100 Å². The standard InChI is InChI=1S/C29H32N4O4/c1-18-25(26(34)28(35)36)27(32-14-12-29(2,3)13-15-32)33-24(30-18)17-22(31-33)20-9-7-8-19(16-20)21-10-5-6-11-23(21)37-4/h5-11,16-17,26,34H,12-15H2,1-4H3,(H,35,36). The average Bonchev–Trinajstić information content (AvgIpc) is 3.31. The number of ether oxygens (including phenoxy) is 1. The first kappa shape index (κ1) is 24.8. The highest BCUT2D eigenvalue weighted by Crippen LogP contribution is 2.38. The highest BCUT2D eigenvalue weighted by atomic mass is 16.5. The Hall–Kier alpha value is -3.91. The first-order valence-electron chi connectivity index (χ1n) is 12.5. The fourth-order valence-corrected chi connectivity index (χ4v) is 5.06. The zero-order chi connectivity index (χ0) is 26.3. The molecule has 0 amide bonds. The zero-order valence-electron chi connectivity index (χ0n) is 21.6. The lowest BCUT2D eigenvalue weighted by molar-refractivity contribution is -0.147. The lowest BCUT2D eigenvalue weighted by Crippen LogP contribution is -2.39. The third-order valence-electron chi connectivity index (χ3n) is 7.30. The maximum atomic E-state index is 11.8. The van der Waals surface area contributed by atoms with Gasteiger partial charge in [0.05, 0.1) is 18.4 Å². The zero-order valence-corrected chi connectivity index (χ0v) is 21.6. The van der Waals surface area contributed by atoms with Crippen LogP contribution in [0.25, 0.3) is 28.0 Å². The highest BCUT2D eigenvalue weighted by Gasteiger charge is 2.33. The summed E-state index contributed by atoms with van der Waals surface area (Å²) in [5.74, 6) is 0.0781. The Bertz CT molecular complexity index is 1470. The molecule has 0 radical (unpaired) electrons. The van der Waals surface area contributed by atoms with Gasteiger partial charge in [0.15, 0.2) is 11.8 Å². The van der Waals surface area contributed by atoms with Crippen LogP contribution in [0.4, 0.5) is 5.82 Å². The van der Waals surface area contributed by atoms with Gasteiger partial charge in [0.1, 0.15) is 11.6 Å². The van der Waals surface area contributed by atoms with Gasteiger partial charge in [0.2, 0.25) is 0 Å². The Kier molecular flexibility index (Phi) is 6.37. The number of hydrogen-bond acceptors (Lipinski definition) is 6. The number of methoxy groups -OCH3 is 1. The molecule has 0 spiro atoms. The fourth-order valence-electron chi connectivity index (χ4n) is 5.06. The molecule has 1 saturated heterocycles. The monoisotopic (exact) mass is 500 g/mol. The summed E-state index contributed by atoms with van der Waals surface area (Å²) in [6, 6.07) is 17.8. The van der Waals surface area contributed by atoms with Gasteiger partial charge in [0.25, 0.3) is 0 Å². The third-order valence-corrected chi connectivity index (χ3v) is 7.30. The molecule has 3 heterocycles. The molecule has 1 unspecified atom stereocenters. The molecule has 1 aliphatic heterocycles. The Morgan fingerprint density at radius 3 is 2.46 bits per heavy atom. The van der Waals surface area contributed by atoms with E-state index in [4.69, 9.17) is 9.84 Å². The number of nitrogens with zero attached hydrogens (tertiary/aromatic N) is 4. The van der Waals surface area contributed by atoms with Crippen LogP contribution in [0.15, 0.2) is 54.6 Å². The summed E-state index contributed by atoms with van der Waals surface area (Å²) >= 11 is 0. The van der Waals surface area contributed by atoms with E-state index in [9.17, 15) is 15.0 Å². The molecule has 4 aromatic rings. The number of piperidine rings is 1. The molecule has 2 aromatic heterocycles. The summed E-state index contributed by atoms with van der Waals surface area (Å²) in [5.41, 5.74) is 5.17.